The quantitative estimate of drug-likeness (QED) is 0.819. The van der Waals surface area contributed by atoms with Crippen molar-refractivity contribution in [2.75, 3.05) is 39.4 Å². The summed E-state index contributed by atoms with van der Waals surface area (Å²) in [5.41, 5.74) is -0.235. The highest BCUT2D eigenvalue weighted by Crippen LogP contribution is 2.48. The number of ether oxygens (including phenoxy) is 1. The molecule has 1 saturated heterocycles. The number of hydrogen-bond donors (Lipinski definition) is 2. The summed E-state index contributed by atoms with van der Waals surface area (Å²) in [5.74, 6) is 0.0333. The van der Waals surface area contributed by atoms with E-state index in [0.29, 0.717) is 19.8 Å². The molecule has 2 fully saturated rings. The number of benzene rings is 1. The molecule has 0 spiro atoms. The van der Waals surface area contributed by atoms with Crippen LogP contribution in [0.15, 0.2) is 30.3 Å². The third-order valence-electron chi connectivity index (χ3n) is 4.81. The SMILES string of the molecule is CC(O)(CNC(=O)C1(c2ccccc2)CC1)CN1CCOCC1. The van der Waals surface area contributed by atoms with Crippen molar-refractivity contribution in [3.8, 4) is 0 Å². The number of aliphatic hydroxyl groups is 1. The number of carbonyl (C=O) groups is 1. The lowest BCUT2D eigenvalue weighted by atomic mass is 9.94. The van der Waals surface area contributed by atoms with Crippen molar-refractivity contribution in [2.24, 2.45) is 0 Å². The Morgan fingerprint density at radius 1 is 1.30 bits per heavy atom. The lowest BCUT2D eigenvalue weighted by molar-refractivity contribution is -0.125. The fourth-order valence-corrected chi connectivity index (χ4v) is 3.27. The zero-order chi connectivity index (χ0) is 16.3. The van der Waals surface area contributed by atoms with Gasteiger partial charge in [0.2, 0.25) is 5.91 Å². The monoisotopic (exact) mass is 318 g/mol. The molecule has 2 aliphatic rings. The van der Waals surface area contributed by atoms with Gasteiger partial charge < -0.3 is 15.2 Å². The lowest BCUT2D eigenvalue weighted by Gasteiger charge is -2.34. The van der Waals surface area contributed by atoms with E-state index in [4.69, 9.17) is 4.74 Å². The molecule has 0 aromatic heterocycles. The van der Waals surface area contributed by atoms with Gasteiger partial charge in [0.15, 0.2) is 0 Å². The van der Waals surface area contributed by atoms with Crippen molar-refractivity contribution < 1.29 is 14.6 Å². The zero-order valence-electron chi connectivity index (χ0n) is 13.8. The van der Waals surface area contributed by atoms with Crippen LogP contribution in [0.1, 0.15) is 25.3 Å². The van der Waals surface area contributed by atoms with E-state index in [1.54, 1.807) is 6.92 Å². The van der Waals surface area contributed by atoms with E-state index in [2.05, 4.69) is 10.2 Å². The fraction of sp³-hybridized carbons (Fsp3) is 0.611. The Morgan fingerprint density at radius 2 is 1.96 bits per heavy atom. The van der Waals surface area contributed by atoms with Crippen LogP contribution >= 0.6 is 0 Å². The minimum Gasteiger partial charge on any atom is -0.387 e. The first-order valence-electron chi connectivity index (χ1n) is 8.38. The van der Waals surface area contributed by atoms with Crippen LogP contribution in [0.4, 0.5) is 0 Å². The molecule has 2 N–H and O–H groups in total. The van der Waals surface area contributed by atoms with Crippen molar-refractivity contribution in [1.29, 1.82) is 0 Å². The summed E-state index contributed by atoms with van der Waals surface area (Å²) in [6.07, 6.45) is 1.77. The van der Waals surface area contributed by atoms with E-state index >= 15 is 0 Å². The molecular weight excluding hydrogens is 292 g/mol. The van der Waals surface area contributed by atoms with Gasteiger partial charge in [-0.05, 0) is 25.3 Å². The highest BCUT2D eigenvalue weighted by Gasteiger charge is 2.51. The van der Waals surface area contributed by atoms with Crippen LogP contribution in [-0.4, -0.2) is 60.9 Å². The molecule has 1 atom stereocenters. The van der Waals surface area contributed by atoms with Crippen LogP contribution < -0.4 is 5.32 Å². The molecule has 5 heteroatoms. The van der Waals surface area contributed by atoms with Crippen molar-refractivity contribution >= 4 is 5.91 Å². The van der Waals surface area contributed by atoms with Gasteiger partial charge >= 0.3 is 0 Å². The largest absolute Gasteiger partial charge is 0.387 e. The summed E-state index contributed by atoms with van der Waals surface area (Å²) in [6.45, 7) is 5.69. The average Bonchev–Trinajstić information content (AvgIpc) is 3.36. The Hall–Kier alpha value is -1.43. The lowest BCUT2D eigenvalue weighted by Crippen LogP contribution is -2.52. The first-order valence-corrected chi connectivity index (χ1v) is 8.38. The summed E-state index contributed by atoms with van der Waals surface area (Å²) in [5, 5.41) is 13.5. The average molecular weight is 318 g/mol. The summed E-state index contributed by atoms with van der Waals surface area (Å²) >= 11 is 0. The van der Waals surface area contributed by atoms with Crippen LogP contribution in [0.2, 0.25) is 0 Å². The van der Waals surface area contributed by atoms with Gasteiger partial charge in [0, 0.05) is 26.2 Å². The Kier molecular flexibility index (Phi) is 4.71. The second-order valence-electron chi connectivity index (χ2n) is 7.02. The molecule has 1 aromatic carbocycles. The zero-order valence-corrected chi connectivity index (χ0v) is 13.8. The molecule has 1 aliphatic heterocycles. The molecule has 1 saturated carbocycles. The third kappa shape index (κ3) is 3.91. The molecule has 1 aliphatic carbocycles. The van der Waals surface area contributed by atoms with Crippen molar-refractivity contribution in [1.82, 2.24) is 10.2 Å². The second-order valence-corrected chi connectivity index (χ2v) is 7.02. The normalized spacial score (nSPS) is 23.0. The molecule has 23 heavy (non-hydrogen) atoms. The minimum atomic E-state index is -0.931. The summed E-state index contributed by atoms with van der Waals surface area (Å²) in [4.78, 5) is 14.8. The van der Waals surface area contributed by atoms with Crippen LogP contribution in [-0.2, 0) is 14.9 Å². The highest BCUT2D eigenvalue weighted by molar-refractivity contribution is 5.91. The number of β-amino-alcohol motifs (C(OH)–C–C–N with tert-alkyl or cyclic N) is 1. The second kappa shape index (κ2) is 6.59. The van der Waals surface area contributed by atoms with Crippen molar-refractivity contribution in [3.63, 3.8) is 0 Å². The molecule has 126 valence electrons. The molecule has 0 radical (unpaired) electrons. The molecule has 1 aromatic rings. The minimum absolute atomic E-state index is 0.0333. The number of rotatable bonds is 6. The van der Waals surface area contributed by atoms with Gasteiger partial charge in [0.05, 0.1) is 24.2 Å². The van der Waals surface area contributed by atoms with Crippen LogP contribution in [0, 0.1) is 0 Å². The molecule has 1 unspecified atom stereocenters. The topological polar surface area (TPSA) is 61.8 Å². The van der Waals surface area contributed by atoms with Gasteiger partial charge in [-0.2, -0.15) is 0 Å². The number of hydrogen-bond acceptors (Lipinski definition) is 4. The molecular formula is C18H26N2O3. The number of amides is 1. The Bertz CT molecular complexity index is 534. The first kappa shape index (κ1) is 16.4. The molecule has 1 heterocycles. The smallest absolute Gasteiger partial charge is 0.230 e. The summed E-state index contributed by atoms with van der Waals surface area (Å²) in [7, 11) is 0. The summed E-state index contributed by atoms with van der Waals surface area (Å²) in [6, 6.07) is 9.93. The van der Waals surface area contributed by atoms with E-state index < -0.39 is 5.60 Å². The number of carbonyl (C=O) groups excluding carboxylic acids is 1. The van der Waals surface area contributed by atoms with Gasteiger partial charge in [0.25, 0.3) is 0 Å². The first-order chi connectivity index (χ1) is 11.0. The fourth-order valence-electron chi connectivity index (χ4n) is 3.27. The predicted octanol–water partition coefficient (Wildman–Crippen LogP) is 0.918. The van der Waals surface area contributed by atoms with Gasteiger partial charge in [-0.1, -0.05) is 30.3 Å². The standard InChI is InChI=1S/C18H26N2O3/c1-17(22,14-20-9-11-23-12-10-20)13-19-16(21)18(7-8-18)15-5-3-2-4-6-15/h2-6,22H,7-14H2,1H3,(H,19,21). The van der Waals surface area contributed by atoms with Gasteiger partial charge in [-0.25, -0.2) is 0 Å². The highest BCUT2D eigenvalue weighted by atomic mass is 16.5. The molecule has 3 rings (SSSR count). The van der Waals surface area contributed by atoms with Crippen molar-refractivity contribution in [2.45, 2.75) is 30.8 Å². The number of morpholine rings is 1. The van der Waals surface area contributed by atoms with Crippen LogP contribution in [0.5, 0.6) is 0 Å². The third-order valence-corrected chi connectivity index (χ3v) is 4.81. The number of nitrogens with zero attached hydrogens (tertiary/aromatic N) is 1. The van der Waals surface area contributed by atoms with E-state index in [-0.39, 0.29) is 17.9 Å². The Morgan fingerprint density at radius 3 is 2.57 bits per heavy atom. The van der Waals surface area contributed by atoms with Gasteiger partial charge in [-0.3, -0.25) is 9.69 Å². The Labute approximate surface area is 137 Å². The van der Waals surface area contributed by atoms with Crippen molar-refractivity contribution in [3.05, 3.63) is 35.9 Å². The number of nitrogens with one attached hydrogen (secondary N) is 1. The predicted molar refractivity (Wildman–Crippen MR) is 88.2 cm³/mol. The maximum absolute atomic E-state index is 12.6. The molecule has 0 bridgehead atoms. The van der Waals surface area contributed by atoms with Gasteiger partial charge in [0.1, 0.15) is 0 Å². The maximum Gasteiger partial charge on any atom is 0.230 e. The van der Waals surface area contributed by atoms with E-state index in [9.17, 15) is 9.90 Å². The van der Waals surface area contributed by atoms with Crippen LogP contribution in [0.3, 0.4) is 0 Å². The summed E-state index contributed by atoms with van der Waals surface area (Å²) < 4.78 is 5.32. The van der Waals surface area contributed by atoms with E-state index in [0.717, 1.165) is 31.5 Å². The van der Waals surface area contributed by atoms with E-state index in [1.807, 2.05) is 30.3 Å². The van der Waals surface area contributed by atoms with Crippen LogP contribution in [0.25, 0.3) is 0 Å². The van der Waals surface area contributed by atoms with E-state index in [1.165, 1.54) is 0 Å². The maximum atomic E-state index is 12.6. The van der Waals surface area contributed by atoms with Gasteiger partial charge in [-0.15, -0.1) is 0 Å². The molecule has 1 amide bonds. The Balaban J connectivity index is 1.54. The molecule has 5 nitrogen and oxygen atoms in total.